The summed E-state index contributed by atoms with van der Waals surface area (Å²) < 4.78 is 65.5. The van der Waals surface area contributed by atoms with Gasteiger partial charge in [0.2, 0.25) is 5.82 Å². The highest BCUT2D eigenvalue weighted by Gasteiger charge is 2.58. The predicted octanol–water partition coefficient (Wildman–Crippen LogP) is 2.18. The molecule has 38 heavy (non-hydrogen) atoms. The average Bonchev–Trinajstić information content (AvgIpc) is 3.05. The number of nitrogens with one attached hydrogen (secondary N) is 2. The number of ether oxygens (including phenoxy) is 2. The van der Waals surface area contributed by atoms with Crippen molar-refractivity contribution in [1.29, 1.82) is 0 Å². The van der Waals surface area contributed by atoms with Crippen LogP contribution in [0.1, 0.15) is 40.8 Å². The Bertz CT molecular complexity index is 1300. The van der Waals surface area contributed by atoms with Crippen molar-refractivity contribution >= 4 is 13.7 Å². The fraction of sp³-hybridized carbons (Fsp3) is 0.522. The normalized spacial score (nSPS) is 26.5. The first-order chi connectivity index (χ1) is 17.6. The number of nitrogens with zero attached hydrogens (tertiary/aromatic N) is 1. The molecule has 0 aliphatic carbocycles. The molecule has 1 aliphatic heterocycles. The molecule has 0 radical (unpaired) electrons. The summed E-state index contributed by atoms with van der Waals surface area (Å²) in [6, 6.07) is 6.67. The number of hydrogen-bond donors (Lipinski definition) is 3. The summed E-state index contributed by atoms with van der Waals surface area (Å²) >= 11 is 0. The van der Waals surface area contributed by atoms with Crippen molar-refractivity contribution in [3.05, 3.63) is 63.2 Å². The second-order valence-electron chi connectivity index (χ2n) is 9.24. The minimum absolute atomic E-state index is 0.108. The van der Waals surface area contributed by atoms with Gasteiger partial charge in [0.15, 0.2) is 11.9 Å². The fourth-order valence-electron chi connectivity index (χ4n) is 3.76. The standard InChI is InChI=1S/C23H30F2N3O9P/c1-12(2)34-20(31)13(3)27-38(33,37-15-9-7-6-8-10-15)36-14(4)17-18(29)23(5,25)21(35-17)28-11-16(24)19(30)26-22(28)32/h6-14,17-18,21,29H,1-5H3,(H,27,33)(H,26,30,32)/t13-,14-,17+,18-,21+,23?,38?/m0/s1. The Kier molecular flexibility index (Phi) is 8.94. The number of aliphatic hydroxyl groups excluding tert-OH is 1. The second kappa shape index (κ2) is 11.5. The molecular weight excluding hydrogens is 531 g/mol. The van der Waals surface area contributed by atoms with Crippen LogP contribution in [0.15, 0.2) is 46.1 Å². The van der Waals surface area contributed by atoms with E-state index < -0.39 is 73.1 Å². The highest BCUT2D eigenvalue weighted by molar-refractivity contribution is 7.52. The van der Waals surface area contributed by atoms with Gasteiger partial charge in [-0.15, -0.1) is 0 Å². The van der Waals surface area contributed by atoms with E-state index >= 15 is 4.39 Å². The third kappa shape index (κ3) is 6.56. The Morgan fingerprint density at radius 1 is 1.24 bits per heavy atom. The molecule has 210 valence electrons. The zero-order valence-corrected chi connectivity index (χ0v) is 22.2. The quantitative estimate of drug-likeness (QED) is 0.290. The molecule has 2 unspecified atom stereocenters. The van der Waals surface area contributed by atoms with Crippen LogP contribution in [-0.2, 0) is 23.4 Å². The van der Waals surface area contributed by atoms with Gasteiger partial charge in [-0.1, -0.05) is 18.2 Å². The number of carbonyl (C=O) groups excluding carboxylic acids is 1. The number of aromatic nitrogens is 2. The van der Waals surface area contributed by atoms with Crippen molar-refractivity contribution in [2.45, 2.75) is 77.0 Å². The van der Waals surface area contributed by atoms with E-state index in [1.54, 1.807) is 37.0 Å². The summed E-state index contributed by atoms with van der Waals surface area (Å²) in [5.41, 5.74) is -5.17. The molecule has 15 heteroatoms. The Balaban J connectivity index is 1.88. The van der Waals surface area contributed by atoms with Crippen LogP contribution in [-0.4, -0.2) is 56.8 Å². The number of H-pyrrole nitrogens is 1. The van der Waals surface area contributed by atoms with E-state index in [1.165, 1.54) is 26.0 Å². The van der Waals surface area contributed by atoms with Crippen LogP contribution in [0.25, 0.3) is 0 Å². The van der Waals surface area contributed by atoms with Crippen LogP contribution < -0.4 is 20.9 Å². The van der Waals surface area contributed by atoms with Crippen molar-refractivity contribution in [3.63, 3.8) is 0 Å². The molecule has 2 heterocycles. The molecule has 3 rings (SSSR count). The molecule has 7 atom stereocenters. The van der Waals surface area contributed by atoms with Crippen molar-refractivity contribution in [3.8, 4) is 5.75 Å². The summed E-state index contributed by atoms with van der Waals surface area (Å²) in [5, 5.41) is 13.2. The lowest BCUT2D eigenvalue weighted by Crippen LogP contribution is -2.45. The molecule has 0 bridgehead atoms. The number of halogens is 2. The third-order valence-corrected chi connectivity index (χ3v) is 7.39. The van der Waals surface area contributed by atoms with E-state index in [1.807, 2.05) is 0 Å². The van der Waals surface area contributed by atoms with Crippen molar-refractivity contribution in [2.75, 3.05) is 0 Å². The van der Waals surface area contributed by atoms with Gasteiger partial charge in [-0.3, -0.25) is 23.7 Å². The first-order valence-corrected chi connectivity index (χ1v) is 13.2. The summed E-state index contributed by atoms with van der Waals surface area (Å²) in [7, 11) is -4.43. The molecule has 1 fully saturated rings. The molecule has 3 N–H and O–H groups in total. The number of esters is 1. The number of alkyl halides is 1. The summed E-state index contributed by atoms with van der Waals surface area (Å²) in [5.74, 6) is -2.02. The monoisotopic (exact) mass is 561 g/mol. The van der Waals surface area contributed by atoms with Crippen LogP contribution in [0.2, 0.25) is 0 Å². The highest BCUT2D eigenvalue weighted by Crippen LogP contribution is 2.49. The molecule has 0 amide bonds. The zero-order chi connectivity index (χ0) is 28.4. The van der Waals surface area contributed by atoms with Crippen LogP contribution in [0.4, 0.5) is 8.78 Å². The number of benzene rings is 1. The fourth-order valence-corrected chi connectivity index (χ4v) is 5.46. The smallest absolute Gasteiger partial charge is 0.459 e. The summed E-state index contributed by atoms with van der Waals surface area (Å²) in [6.07, 6.45) is -6.76. The maximum Gasteiger partial charge on any atom is 0.459 e. The number of rotatable bonds is 10. The van der Waals surface area contributed by atoms with E-state index in [2.05, 4.69) is 5.09 Å². The van der Waals surface area contributed by atoms with Gasteiger partial charge >= 0.3 is 19.4 Å². The number of aromatic amines is 1. The number of carbonyl (C=O) groups is 1. The van der Waals surface area contributed by atoms with Crippen LogP contribution >= 0.6 is 7.75 Å². The SMILES string of the molecule is CC(C)OC(=O)[C@H](C)NP(=O)(Oc1ccccc1)O[C@@H](C)[C@H]1O[C@@H](n2cc(F)c(=O)[nH]c2=O)C(C)(F)[C@H]1O. The minimum Gasteiger partial charge on any atom is -0.462 e. The lowest BCUT2D eigenvalue weighted by atomic mass is 9.96. The Morgan fingerprint density at radius 3 is 2.47 bits per heavy atom. The Morgan fingerprint density at radius 2 is 1.87 bits per heavy atom. The van der Waals surface area contributed by atoms with Gasteiger partial charge < -0.3 is 19.1 Å². The van der Waals surface area contributed by atoms with Crippen molar-refractivity contribution < 1.29 is 41.8 Å². The van der Waals surface area contributed by atoms with Crippen LogP contribution in [0, 0.1) is 5.82 Å². The largest absolute Gasteiger partial charge is 0.462 e. The van der Waals surface area contributed by atoms with Gasteiger partial charge in [-0.2, -0.15) is 9.48 Å². The second-order valence-corrected chi connectivity index (χ2v) is 10.9. The molecule has 1 saturated heterocycles. The molecule has 1 aliphatic rings. The lowest BCUT2D eigenvalue weighted by Gasteiger charge is -2.29. The third-order valence-electron chi connectivity index (χ3n) is 5.63. The van der Waals surface area contributed by atoms with E-state index in [0.29, 0.717) is 10.8 Å². The molecular formula is C23H30F2N3O9P. The van der Waals surface area contributed by atoms with Gasteiger partial charge in [0, 0.05) is 0 Å². The Hall–Kier alpha value is -2.90. The maximum absolute atomic E-state index is 15.6. The maximum atomic E-state index is 15.6. The van der Waals surface area contributed by atoms with E-state index in [0.717, 1.165) is 6.92 Å². The number of para-hydroxylation sites is 1. The molecule has 12 nitrogen and oxygen atoms in total. The van der Waals surface area contributed by atoms with E-state index in [-0.39, 0.29) is 5.75 Å². The lowest BCUT2D eigenvalue weighted by molar-refractivity contribution is -0.149. The number of hydrogen-bond acceptors (Lipinski definition) is 9. The summed E-state index contributed by atoms with van der Waals surface area (Å²) in [4.78, 5) is 37.6. The van der Waals surface area contributed by atoms with Crippen molar-refractivity contribution in [1.82, 2.24) is 14.6 Å². The molecule has 1 aromatic carbocycles. The summed E-state index contributed by atoms with van der Waals surface area (Å²) in [6.45, 7) is 6.83. The topological polar surface area (TPSA) is 158 Å². The van der Waals surface area contributed by atoms with Crippen molar-refractivity contribution in [2.24, 2.45) is 0 Å². The molecule has 2 aromatic rings. The van der Waals surface area contributed by atoms with Gasteiger partial charge in [0.25, 0.3) is 5.56 Å². The molecule has 0 saturated carbocycles. The number of aliphatic hydroxyl groups is 1. The van der Waals surface area contributed by atoms with E-state index in [4.69, 9.17) is 18.5 Å². The Labute approximate surface area is 216 Å². The van der Waals surface area contributed by atoms with Gasteiger partial charge in [-0.05, 0) is 46.8 Å². The van der Waals surface area contributed by atoms with E-state index in [9.17, 15) is 28.4 Å². The molecule has 0 spiro atoms. The van der Waals surface area contributed by atoms with Gasteiger partial charge in [0.1, 0.15) is 24.0 Å². The molecule has 1 aromatic heterocycles. The van der Waals surface area contributed by atoms with Crippen LogP contribution in [0.3, 0.4) is 0 Å². The highest BCUT2D eigenvalue weighted by atomic mass is 31.2. The van der Waals surface area contributed by atoms with Gasteiger partial charge in [-0.25, -0.2) is 13.8 Å². The van der Waals surface area contributed by atoms with Crippen LogP contribution in [0.5, 0.6) is 5.75 Å². The first kappa shape index (κ1) is 29.7. The predicted molar refractivity (Wildman–Crippen MR) is 130 cm³/mol. The van der Waals surface area contributed by atoms with Gasteiger partial charge in [0.05, 0.1) is 18.4 Å². The minimum atomic E-state index is -4.43. The zero-order valence-electron chi connectivity index (χ0n) is 21.3. The average molecular weight is 561 g/mol. The first-order valence-electron chi connectivity index (χ1n) is 11.7.